The summed E-state index contributed by atoms with van der Waals surface area (Å²) in [7, 11) is -3.92. The van der Waals surface area contributed by atoms with Gasteiger partial charge in [0.2, 0.25) is 10.0 Å². The van der Waals surface area contributed by atoms with Crippen molar-refractivity contribution < 1.29 is 22.7 Å². The van der Waals surface area contributed by atoms with Gasteiger partial charge in [0.05, 0.1) is 4.90 Å². The van der Waals surface area contributed by atoms with Gasteiger partial charge in [-0.3, -0.25) is 9.59 Å². The van der Waals surface area contributed by atoms with Crippen molar-refractivity contribution in [2.24, 2.45) is 0 Å². The number of hydrogen-bond donors (Lipinski definition) is 2. The van der Waals surface area contributed by atoms with Crippen LogP contribution in [-0.4, -0.2) is 31.9 Å². The van der Waals surface area contributed by atoms with Crippen molar-refractivity contribution in [1.82, 2.24) is 4.72 Å². The van der Waals surface area contributed by atoms with Gasteiger partial charge in [-0.1, -0.05) is 18.2 Å². The number of sulfonamides is 1. The lowest BCUT2D eigenvalue weighted by atomic mass is 10.2. The molecule has 0 unspecified atom stereocenters. The van der Waals surface area contributed by atoms with Crippen LogP contribution in [-0.2, 0) is 19.6 Å². The molecule has 2 aromatic carbocycles. The molecule has 0 aliphatic carbocycles. The summed E-state index contributed by atoms with van der Waals surface area (Å²) in [5.41, 5.74) is 0.232. The molecule has 7 nitrogen and oxygen atoms in total. The summed E-state index contributed by atoms with van der Waals surface area (Å²) < 4.78 is 32.4. The molecule has 28 heavy (non-hydrogen) atoms. The normalized spacial score (nSPS) is 12.9. The lowest BCUT2D eigenvalue weighted by molar-refractivity contribution is -0.156. The molecular weight excluding hydrogens is 380 g/mol. The standard InChI is InChI=1S/C20H24N2O5S/c1-14(19(24)27-20(2,3)4)22-28(25,26)17-12-10-16(11-13-17)21-18(23)15-8-6-5-7-9-15/h5-14,22H,1-4H3,(H,21,23)/t14-/m0/s1. The third-order valence-electron chi connectivity index (χ3n) is 3.55. The largest absolute Gasteiger partial charge is 0.459 e. The van der Waals surface area contributed by atoms with Crippen LogP contribution in [0.5, 0.6) is 0 Å². The highest BCUT2D eigenvalue weighted by Gasteiger charge is 2.26. The number of anilines is 1. The van der Waals surface area contributed by atoms with Gasteiger partial charge in [-0.15, -0.1) is 0 Å². The summed E-state index contributed by atoms with van der Waals surface area (Å²) in [6.45, 7) is 6.53. The van der Waals surface area contributed by atoms with E-state index in [4.69, 9.17) is 4.74 Å². The predicted octanol–water partition coefficient (Wildman–Crippen LogP) is 2.95. The van der Waals surface area contributed by atoms with Gasteiger partial charge in [0, 0.05) is 11.3 Å². The number of rotatable bonds is 6. The van der Waals surface area contributed by atoms with E-state index in [-0.39, 0.29) is 10.8 Å². The van der Waals surface area contributed by atoms with Crippen LogP contribution < -0.4 is 10.0 Å². The molecule has 0 bridgehead atoms. The highest BCUT2D eigenvalue weighted by Crippen LogP contribution is 2.16. The summed E-state index contributed by atoms with van der Waals surface area (Å²) in [5, 5.41) is 2.69. The van der Waals surface area contributed by atoms with Crippen LogP contribution >= 0.6 is 0 Å². The fourth-order valence-corrected chi connectivity index (χ4v) is 3.44. The van der Waals surface area contributed by atoms with Gasteiger partial charge in [0.1, 0.15) is 11.6 Å². The molecule has 1 atom stereocenters. The number of benzene rings is 2. The SMILES string of the molecule is C[C@H](NS(=O)(=O)c1ccc(NC(=O)c2ccccc2)cc1)C(=O)OC(C)(C)C. The van der Waals surface area contributed by atoms with Crippen LogP contribution in [0, 0.1) is 0 Å². The summed E-state index contributed by atoms with van der Waals surface area (Å²) in [4.78, 5) is 24.1. The first-order valence-corrected chi connectivity index (χ1v) is 10.2. The van der Waals surface area contributed by atoms with Gasteiger partial charge < -0.3 is 10.1 Å². The minimum atomic E-state index is -3.92. The first-order valence-electron chi connectivity index (χ1n) is 8.69. The highest BCUT2D eigenvalue weighted by molar-refractivity contribution is 7.89. The van der Waals surface area contributed by atoms with Crippen LogP contribution in [0.15, 0.2) is 59.5 Å². The summed E-state index contributed by atoms with van der Waals surface area (Å²) in [6, 6.07) is 13.3. The van der Waals surface area contributed by atoms with E-state index in [0.717, 1.165) is 0 Å². The van der Waals surface area contributed by atoms with Crippen LogP contribution in [0.4, 0.5) is 5.69 Å². The van der Waals surface area contributed by atoms with E-state index in [2.05, 4.69) is 10.0 Å². The highest BCUT2D eigenvalue weighted by atomic mass is 32.2. The molecule has 150 valence electrons. The molecule has 8 heteroatoms. The predicted molar refractivity (Wildman–Crippen MR) is 106 cm³/mol. The maximum absolute atomic E-state index is 12.5. The smallest absolute Gasteiger partial charge is 0.324 e. The van der Waals surface area contributed by atoms with Crippen LogP contribution in [0.3, 0.4) is 0 Å². The van der Waals surface area contributed by atoms with Crippen LogP contribution in [0.2, 0.25) is 0 Å². The Hall–Kier alpha value is -2.71. The maximum Gasteiger partial charge on any atom is 0.324 e. The zero-order valence-corrected chi connectivity index (χ0v) is 17.0. The zero-order chi connectivity index (χ0) is 20.9. The number of carbonyl (C=O) groups excluding carboxylic acids is 2. The average Bonchev–Trinajstić information content (AvgIpc) is 2.61. The van der Waals surface area contributed by atoms with E-state index >= 15 is 0 Å². The summed E-state index contributed by atoms with van der Waals surface area (Å²) in [6.07, 6.45) is 0. The topological polar surface area (TPSA) is 102 Å². The van der Waals surface area contributed by atoms with E-state index in [1.165, 1.54) is 31.2 Å². The Bertz CT molecular complexity index is 933. The van der Waals surface area contributed by atoms with Gasteiger partial charge in [0.15, 0.2) is 0 Å². The molecule has 0 aromatic heterocycles. The van der Waals surface area contributed by atoms with Gasteiger partial charge in [-0.05, 0) is 64.1 Å². The molecule has 0 spiro atoms. The van der Waals surface area contributed by atoms with Crippen LogP contribution in [0.1, 0.15) is 38.1 Å². The maximum atomic E-state index is 12.5. The molecule has 0 saturated heterocycles. The Morgan fingerprint density at radius 3 is 2.07 bits per heavy atom. The van der Waals surface area contributed by atoms with Gasteiger partial charge >= 0.3 is 5.97 Å². The molecule has 0 radical (unpaired) electrons. The lowest BCUT2D eigenvalue weighted by Gasteiger charge is -2.22. The van der Waals surface area contributed by atoms with Crippen molar-refractivity contribution in [3.05, 3.63) is 60.2 Å². The molecule has 2 rings (SSSR count). The van der Waals surface area contributed by atoms with Crippen LogP contribution in [0.25, 0.3) is 0 Å². The third-order valence-corrected chi connectivity index (χ3v) is 5.11. The van der Waals surface area contributed by atoms with E-state index in [1.807, 2.05) is 6.07 Å². The van der Waals surface area contributed by atoms with Gasteiger partial charge in [-0.25, -0.2) is 8.42 Å². The molecule has 2 aromatic rings. The van der Waals surface area contributed by atoms with Crippen molar-refractivity contribution in [2.45, 2.75) is 44.2 Å². The van der Waals surface area contributed by atoms with E-state index in [1.54, 1.807) is 45.0 Å². The van der Waals surface area contributed by atoms with Crippen molar-refractivity contribution in [3.63, 3.8) is 0 Å². The monoisotopic (exact) mass is 404 g/mol. The Balaban J connectivity index is 2.05. The van der Waals surface area contributed by atoms with Crippen molar-refractivity contribution in [1.29, 1.82) is 0 Å². The third kappa shape index (κ3) is 6.17. The molecule has 0 aliphatic heterocycles. The molecule has 0 saturated carbocycles. The van der Waals surface area contributed by atoms with E-state index in [0.29, 0.717) is 11.3 Å². The van der Waals surface area contributed by atoms with Gasteiger partial charge in [-0.2, -0.15) is 4.72 Å². The molecule has 1 amide bonds. The summed E-state index contributed by atoms with van der Waals surface area (Å²) >= 11 is 0. The number of esters is 1. The quantitative estimate of drug-likeness (QED) is 0.721. The number of ether oxygens (including phenoxy) is 1. The summed E-state index contributed by atoms with van der Waals surface area (Å²) in [5.74, 6) is -0.962. The molecule has 2 N–H and O–H groups in total. The Kier molecular flexibility index (Phi) is 6.58. The van der Waals surface area contributed by atoms with E-state index in [9.17, 15) is 18.0 Å². The Morgan fingerprint density at radius 1 is 0.964 bits per heavy atom. The van der Waals surface area contributed by atoms with Crippen molar-refractivity contribution in [3.8, 4) is 0 Å². The second-order valence-corrected chi connectivity index (χ2v) is 8.93. The second-order valence-electron chi connectivity index (χ2n) is 7.22. The Labute approximate surface area is 165 Å². The number of nitrogens with one attached hydrogen (secondary N) is 2. The molecule has 0 aliphatic rings. The first kappa shape index (κ1) is 21.6. The fraction of sp³-hybridized carbons (Fsp3) is 0.300. The number of hydrogen-bond acceptors (Lipinski definition) is 5. The van der Waals surface area contributed by atoms with Crippen molar-refractivity contribution >= 4 is 27.6 Å². The molecule has 0 fully saturated rings. The number of carbonyl (C=O) groups is 2. The van der Waals surface area contributed by atoms with Gasteiger partial charge in [0.25, 0.3) is 5.91 Å². The fourth-order valence-electron chi connectivity index (χ4n) is 2.25. The average molecular weight is 404 g/mol. The number of amides is 1. The second kappa shape index (κ2) is 8.53. The molecular formula is C20H24N2O5S. The first-order chi connectivity index (χ1) is 13.0. The minimum absolute atomic E-state index is 0.0272. The van der Waals surface area contributed by atoms with Crippen molar-refractivity contribution in [2.75, 3.05) is 5.32 Å². The van der Waals surface area contributed by atoms with E-state index < -0.39 is 27.6 Å². The zero-order valence-electron chi connectivity index (χ0n) is 16.2. The Morgan fingerprint density at radius 2 is 1.54 bits per heavy atom. The molecule has 0 heterocycles. The minimum Gasteiger partial charge on any atom is -0.459 e. The lowest BCUT2D eigenvalue weighted by Crippen LogP contribution is -2.42.